The monoisotopic (exact) mass is 465 g/mol. The van der Waals surface area contributed by atoms with Gasteiger partial charge in [0, 0.05) is 16.7 Å². The summed E-state index contributed by atoms with van der Waals surface area (Å²) in [7, 11) is 1.36. The van der Waals surface area contributed by atoms with Crippen molar-refractivity contribution in [2.45, 2.75) is 5.79 Å². The lowest BCUT2D eigenvalue weighted by Gasteiger charge is -2.28. The maximum atomic E-state index is 12.8. The van der Waals surface area contributed by atoms with Gasteiger partial charge in [-0.25, -0.2) is 9.78 Å². The van der Waals surface area contributed by atoms with Crippen LogP contribution in [0.5, 0.6) is 11.5 Å². The Morgan fingerprint density at radius 2 is 1.50 bits per heavy atom. The number of benzene rings is 4. The Kier molecular flexibility index (Phi) is 4.81. The van der Waals surface area contributed by atoms with Crippen molar-refractivity contribution in [3.63, 3.8) is 0 Å². The molecular formula is C28H19NO4S. The van der Waals surface area contributed by atoms with Crippen LogP contribution in [0.2, 0.25) is 0 Å². The smallest absolute Gasteiger partial charge is 0.341 e. The fraction of sp³-hybridized carbons (Fsp3) is 0.0714. The highest BCUT2D eigenvalue weighted by atomic mass is 32.1. The van der Waals surface area contributed by atoms with Gasteiger partial charge in [0.2, 0.25) is 0 Å². The molecule has 34 heavy (non-hydrogen) atoms. The summed E-state index contributed by atoms with van der Waals surface area (Å²) in [5.74, 6) is -0.922. The lowest BCUT2D eigenvalue weighted by Crippen LogP contribution is -2.36. The molecular weight excluding hydrogens is 446 g/mol. The number of esters is 1. The number of hydrogen-bond acceptors (Lipinski definition) is 6. The quantitative estimate of drug-likeness (QED) is 0.287. The van der Waals surface area contributed by atoms with E-state index in [1.807, 2.05) is 91.0 Å². The molecule has 6 heteroatoms. The van der Waals surface area contributed by atoms with E-state index in [0.29, 0.717) is 17.1 Å². The van der Waals surface area contributed by atoms with E-state index in [1.165, 1.54) is 7.11 Å². The first-order valence-electron chi connectivity index (χ1n) is 10.8. The van der Waals surface area contributed by atoms with Crippen LogP contribution in [0.3, 0.4) is 0 Å². The van der Waals surface area contributed by atoms with Gasteiger partial charge in [-0.1, -0.05) is 72.8 Å². The van der Waals surface area contributed by atoms with Crippen LogP contribution in [0.4, 0.5) is 0 Å². The largest absolute Gasteiger partial charge is 0.465 e. The lowest BCUT2D eigenvalue weighted by molar-refractivity contribution is -0.0462. The molecule has 0 amide bonds. The topological polar surface area (TPSA) is 57.7 Å². The molecule has 0 spiro atoms. The maximum Gasteiger partial charge on any atom is 0.341 e. The highest BCUT2D eigenvalue weighted by molar-refractivity contribution is 7.21. The van der Waals surface area contributed by atoms with Crippen molar-refractivity contribution in [3.8, 4) is 22.1 Å². The van der Waals surface area contributed by atoms with Gasteiger partial charge in [-0.2, -0.15) is 0 Å². The zero-order chi connectivity index (χ0) is 23.1. The Morgan fingerprint density at radius 3 is 2.15 bits per heavy atom. The number of carbonyl (C=O) groups is 1. The number of methoxy groups -OCH3 is 1. The second-order valence-corrected chi connectivity index (χ2v) is 8.91. The van der Waals surface area contributed by atoms with Crippen molar-refractivity contribution in [1.29, 1.82) is 0 Å². The summed E-state index contributed by atoms with van der Waals surface area (Å²) in [6, 6.07) is 31.0. The summed E-state index contributed by atoms with van der Waals surface area (Å²) in [5, 5.41) is 0.787. The van der Waals surface area contributed by atoms with Crippen molar-refractivity contribution in [1.82, 2.24) is 4.98 Å². The van der Waals surface area contributed by atoms with Gasteiger partial charge in [-0.05, 0) is 24.3 Å². The first-order valence-corrected chi connectivity index (χ1v) is 11.6. The van der Waals surface area contributed by atoms with Crippen LogP contribution in [0.25, 0.3) is 20.8 Å². The summed E-state index contributed by atoms with van der Waals surface area (Å²) in [4.78, 5) is 17.6. The maximum absolute atomic E-state index is 12.8. The third-order valence-electron chi connectivity index (χ3n) is 5.81. The molecule has 5 aromatic rings. The van der Waals surface area contributed by atoms with Crippen molar-refractivity contribution in [2.75, 3.05) is 7.11 Å². The Labute approximate surface area is 200 Å². The van der Waals surface area contributed by atoms with Gasteiger partial charge in [0.15, 0.2) is 11.5 Å². The fourth-order valence-electron chi connectivity index (χ4n) is 4.20. The lowest BCUT2D eigenvalue weighted by atomic mass is 9.97. The van der Waals surface area contributed by atoms with Crippen LogP contribution in [0, 0.1) is 0 Å². The number of aromatic nitrogens is 1. The van der Waals surface area contributed by atoms with E-state index in [0.717, 1.165) is 31.9 Å². The predicted octanol–water partition coefficient (Wildman–Crippen LogP) is 6.42. The number of carbonyl (C=O) groups excluding carboxylic acids is 1. The van der Waals surface area contributed by atoms with Gasteiger partial charge in [-0.3, -0.25) is 0 Å². The number of ether oxygens (including phenoxy) is 3. The van der Waals surface area contributed by atoms with E-state index in [4.69, 9.17) is 19.2 Å². The summed E-state index contributed by atoms with van der Waals surface area (Å²) in [6.07, 6.45) is 0. The fourth-order valence-corrected chi connectivity index (χ4v) is 5.15. The average Bonchev–Trinajstić information content (AvgIpc) is 3.51. The predicted molar refractivity (Wildman–Crippen MR) is 131 cm³/mol. The van der Waals surface area contributed by atoms with Crippen LogP contribution in [0.15, 0.2) is 97.1 Å². The van der Waals surface area contributed by atoms with E-state index >= 15 is 0 Å². The van der Waals surface area contributed by atoms with Crippen molar-refractivity contribution < 1.29 is 19.0 Å². The molecule has 0 unspecified atom stereocenters. The second kappa shape index (κ2) is 8.01. The molecule has 0 saturated carbocycles. The first kappa shape index (κ1) is 20.4. The molecule has 2 heterocycles. The third kappa shape index (κ3) is 3.23. The minimum atomic E-state index is -1.24. The zero-order valence-electron chi connectivity index (χ0n) is 18.2. The van der Waals surface area contributed by atoms with Crippen LogP contribution >= 0.6 is 11.3 Å². The molecule has 166 valence electrons. The van der Waals surface area contributed by atoms with Crippen molar-refractivity contribution >= 4 is 27.5 Å². The van der Waals surface area contributed by atoms with Crippen molar-refractivity contribution in [3.05, 3.63) is 114 Å². The molecule has 0 radical (unpaired) electrons. The summed E-state index contributed by atoms with van der Waals surface area (Å²) in [5.41, 5.74) is 3.59. The normalized spacial score (nSPS) is 13.7. The van der Waals surface area contributed by atoms with E-state index in [1.54, 1.807) is 17.4 Å². The van der Waals surface area contributed by atoms with Gasteiger partial charge in [0.1, 0.15) is 10.6 Å². The molecule has 5 nitrogen and oxygen atoms in total. The molecule has 0 atom stereocenters. The van der Waals surface area contributed by atoms with Gasteiger partial charge < -0.3 is 14.2 Å². The standard InChI is InChI=1S/C28H19NO4S/c1-31-27(30)21-16-18(26-29-22-14-8-9-15-24(22)34-26)17-23-25(21)33-28(32-23,19-10-4-2-5-11-19)20-12-6-3-7-13-20/h2-17H,1H3. The Balaban J connectivity index is 1.55. The van der Waals surface area contributed by atoms with E-state index in [-0.39, 0.29) is 0 Å². The minimum Gasteiger partial charge on any atom is -0.465 e. The third-order valence-corrected chi connectivity index (χ3v) is 6.89. The van der Waals surface area contributed by atoms with Gasteiger partial charge >= 0.3 is 11.8 Å². The summed E-state index contributed by atoms with van der Waals surface area (Å²) >= 11 is 1.56. The van der Waals surface area contributed by atoms with Crippen molar-refractivity contribution in [2.24, 2.45) is 0 Å². The number of fused-ring (bicyclic) bond motifs is 2. The number of para-hydroxylation sites is 1. The zero-order valence-corrected chi connectivity index (χ0v) is 19.0. The SMILES string of the molecule is COC(=O)c1cc(-c2nc3ccccc3s2)cc2c1OC(c1ccccc1)(c1ccccc1)O2. The van der Waals surface area contributed by atoms with Crippen LogP contribution < -0.4 is 9.47 Å². The number of thiazole rings is 1. The van der Waals surface area contributed by atoms with Crippen LogP contribution in [-0.4, -0.2) is 18.1 Å². The molecule has 4 aromatic carbocycles. The summed E-state index contributed by atoms with van der Waals surface area (Å²) < 4.78 is 19.3. The molecule has 0 N–H and O–H groups in total. The molecule has 0 fully saturated rings. The number of rotatable bonds is 4. The molecule has 6 rings (SSSR count). The summed E-state index contributed by atoms with van der Waals surface area (Å²) in [6.45, 7) is 0. The molecule has 1 aromatic heterocycles. The van der Waals surface area contributed by atoms with E-state index in [2.05, 4.69) is 0 Å². The first-order chi connectivity index (χ1) is 16.7. The Hall–Kier alpha value is -4.16. The van der Waals surface area contributed by atoms with Gasteiger partial charge in [0.05, 0.1) is 17.3 Å². The Bertz CT molecular complexity index is 1440. The van der Waals surface area contributed by atoms with E-state index in [9.17, 15) is 4.79 Å². The van der Waals surface area contributed by atoms with Crippen LogP contribution in [-0.2, 0) is 10.5 Å². The number of nitrogens with zero attached hydrogens (tertiary/aromatic N) is 1. The number of hydrogen-bond donors (Lipinski definition) is 0. The average molecular weight is 466 g/mol. The minimum absolute atomic E-state index is 0.294. The Morgan fingerprint density at radius 1 is 0.853 bits per heavy atom. The highest BCUT2D eigenvalue weighted by Gasteiger charge is 2.47. The molecule has 1 aliphatic heterocycles. The molecule has 0 aliphatic carbocycles. The van der Waals surface area contributed by atoms with Crippen LogP contribution in [0.1, 0.15) is 21.5 Å². The van der Waals surface area contributed by atoms with Gasteiger partial charge in [0.25, 0.3) is 0 Å². The molecule has 0 bridgehead atoms. The second-order valence-electron chi connectivity index (χ2n) is 7.88. The van der Waals surface area contributed by atoms with Gasteiger partial charge in [-0.15, -0.1) is 11.3 Å². The highest BCUT2D eigenvalue weighted by Crippen LogP contribution is 2.51. The van der Waals surface area contributed by atoms with E-state index < -0.39 is 11.8 Å². The molecule has 1 aliphatic rings. The molecule has 0 saturated heterocycles.